The Morgan fingerprint density at radius 3 is 0.724 bits per heavy atom. The molecule has 3 N–H and O–H groups in total. The lowest BCUT2D eigenvalue weighted by Gasteiger charge is -2.21. The molecule has 0 saturated heterocycles. The Balaban J connectivity index is 5.27. The molecule has 0 bridgehead atoms. The van der Waals surface area contributed by atoms with E-state index in [1.54, 1.807) is 0 Å². The Bertz CT molecular complexity index is 1880. The molecule has 0 aliphatic heterocycles. The van der Waals surface area contributed by atoms with Crippen molar-refractivity contribution in [2.45, 2.75) is 438 Å². The number of esters is 4. The summed E-state index contributed by atoms with van der Waals surface area (Å²) in [6.07, 6.45) is 62.2. The third-order valence-electron chi connectivity index (χ3n) is 18.9. The van der Waals surface area contributed by atoms with E-state index in [-0.39, 0.29) is 25.7 Å². The zero-order valence-electron chi connectivity index (χ0n) is 63.9. The van der Waals surface area contributed by atoms with Gasteiger partial charge in [-0.1, -0.05) is 369 Å². The SMILES string of the molecule is CCCCCCCCCCCCCCCCCCC(=O)O[C@H](COC(=O)CCCCCCCCCCCCCCCCC)COP(=O)(O)OC[C@@H](O)COP(=O)(O)OC[C@@H](COC(=O)CCCCCCCCCCC(C)CC)OC(=O)CCCCCCCCCCCCCCCCC. The second-order valence-electron chi connectivity index (χ2n) is 28.7. The van der Waals surface area contributed by atoms with Gasteiger partial charge >= 0.3 is 39.5 Å². The second-order valence-corrected chi connectivity index (χ2v) is 31.6. The Hall–Kier alpha value is -1.94. The lowest BCUT2D eigenvalue weighted by Crippen LogP contribution is -2.30. The molecule has 98 heavy (non-hydrogen) atoms. The molecule has 0 fully saturated rings. The van der Waals surface area contributed by atoms with Gasteiger partial charge in [-0.15, -0.1) is 0 Å². The summed E-state index contributed by atoms with van der Waals surface area (Å²) in [6, 6.07) is 0. The fourth-order valence-electron chi connectivity index (χ4n) is 12.2. The summed E-state index contributed by atoms with van der Waals surface area (Å²) in [5, 5.41) is 10.6. The highest BCUT2D eigenvalue weighted by molar-refractivity contribution is 7.47. The molecule has 0 heterocycles. The van der Waals surface area contributed by atoms with Crippen molar-refractivity contribution in [3.8, 4) is 0 Å². The number of aliphatic hydroxyl groups excluding tert-OH is 1. The third-order valence-corrected chi connectivity index (χ3v) is 20.8. The first-order valence-electron chi connectivity index (χ1n) is 41.2. The minimum atomic E-state index is -4.96. The number of carbonyl (C=O) groups excluding carboxylic acids is 4. The van der Waals surface area contributed by atoms with Crippen LogP contribution in [0.25, 0.3) is 0 Å². The number of carbonyl (C=O) groups is 4. The average molecular weight is 1440 g/mol. The van der Waals surface area contributed by atoms with Crippen LogP contribution in [-0.2, 0) is 65.4 Å². The summed E-state index contributed by atoms with van der Waals surface area (Å²) in [5.41, 5.74) is 0. The van der Waals surface area contributed by atoms with Gasteiger partial charge in [0, 0.05) is 25.7 Å². The maximum absolute atomic E-state index is 13.1. The smallest absolute Gasteiger partial charge is 0.462 e. The first-order valence-corrected chi connectivity index (χ1v) is 44.2. The van der Waals surface area contributed by atoms with Crippen LogP contribution in [0.3, 0.4) is 0 Å². The zero-order valence-corrected chi connectivity index (χ0v) is 65.7. The molecule has 0 aliphatic carbocycles. The number of aliphatic hydroxyl groups is 1. The number of ether oxygens (including phenoxy) is 4. The minimum absolute atomic E-state index is 0.108. The summed E-state index contributed by atoms with van der Waals surface area (Å²) in [4.78, 5) is 73.0. The van der Waals surface area contributed by atoms with E-state index in [1.807, 2.05) is 0 Å². The number of hydrogen-bond acceptors (Lipinski definition) is 15. The van der Waals surface area contributed by atoms with Gasteiger partial charge in [0.15, 0.2) is 12.2 Å². The highest BCUT2D eigenvalue weighted by Gasteiger charge is 2.30. The fraction of sp³-hybridized carbons (Fsp3) is 0.949. The van der Waals surface area contributed by atoms with Crippen LogP contribution in [0.2, 0.25) is 0 Å². The Morgan fingerprint density at radius 2 is 0.490 bits per heavy atom. The van der Waals surface area contributed by atoms with Crippen LogP contribution in [0.4, 0.5) is 0 Å². The quantitative estimate of drug-likeness (QED) is 0.0222. The summed E-state index contributed by atoms with van der Waals surface area (Å²) in [6.45, 7) is 7.33. The normalized spacial score (nSPS) is 14.2. The van der Waals surface area contributed by atoms with Crippen molar-refractivity contribution in [1.29, 1.82) is 0 Å². The Labute approximate surface area is 600 Å². The molecule has 0 amide bonds. The molecule has 0 rings (SSSR count). The van der Waals surface area contributed by atoms with Gasteiger partial charge in [0.2, 0.25) is 0 Å². The first kappa shape index (κ1) is 96.1. The molecule has 17 nitrogen and oxygen atoms in total. The summed E-state index contributed by atoms with van der Waals surface area (Å²) in [5.74, 6) is -1.33. The van der Waals surface area contributed by atoms with E-state index >= 15 is 0 Å². The van der Waals surface area contributed by atoms with Crippen LogP contribution < -0.4 is 0 Å². The van der Waals surface area contributed by atoms with E-state index in [1.165, 1.54) is 244 Å². The van der Waals surface area contributed by atoms with Gasteiger partial charge in [-0.3, -0.25) is 37.3 Å². The van der Waals surface area contributed by atoms with E-state index in [0.717, 1.165) is 95.8 Å². The monoisotopic (exact) mass is 1440 g/mol. The first-order chi connectivity index (χ1) is 47.6. The highest BCUT2D eigenvalue weighted by atomic mass is 31.2. The highest BCUT2D eigenvalue weighted by Crippen LogP contribution is 2.45. The lowest BCUT2D eigenvalue weighted by atomic mass is 9.99. The fourth-order valence-corrected chi connectivity index (χ4v) is 13.8. The van der Waals surface area contributed by atoms with E-state index in [4.69, 9.17) is 37.0 Å². The summed E-state index contributed by atoms with van der Waals surface area (Å²) < 4.78 is 68.7. The van der Waals surface area contributed by atoms with Crippen LogP contribution in [0.15, 0.2) is 0 Å². The lowest BCUT2D eigenvalue weighted by molar-refractivity contribution is -0.161. The molecule has 0 aromatic heterocycles. The van der Waals surface area contributed by atoms with E-state index in [0.29, 0.717) is 25.7 Å². The minimum Gasteiger partial charge on any atom is -0.462 e. The van der Waals surface area contributed by atoms with E-state index in [9.17, 15) is 43.2 Å². The number of hydrogen-bond donors (Lipinski definition) is 3. The largest absolute Gasteiger partial charge is 0.472 e. The molecule has 0 aliphatic rings. The van der Waals surface area contributed by atoms with Crippen molar-refractivity contribution in [1.82, 2.24) is 0 Å². The van der Waals surface area contributed by atoms with E-state index in [2.05, 4.69) is 34.6 Å². The third kappa shape index (κ3) is 71.1. The van der Waals surface area contributed by atoms with Gasteiger partial charge in [-0.2, -0.15) is 0 Å². The van der Waals surface area contributed by atoms with Crippen molar-refractivity contribution < 1.29 is 80.2 Å². The molecule has 0 radical (unpaired) electrons. The van der Waals surface area contributed by atoms with Gasteiger partial charge in [0.25, 0.3) is 0 Å². The van der Waals surface area contributed by atoms with Gasteiger partial charge in [0.1, 0.15) is 19.3 Å². The van der Waals surface area contributed by atoms with Crippen molar-refractivity contribution in [2.24, 2.45) is 5.92 Å². The molecule has 582 valence electrons. The predicted molar refractivity (Wildman–Crippen MR) is 400 cm³/mol. The van der Waals surface area contributed by atoms with Gasteiger partial charge in [-0.05, 0) is 31.6 Å². The van der Waals surface area contributed by atoms with Crippen LogP contribution in [-0.4, -0.2) is 96.7 Å². The number of unbranched alkanes of at least 4 members (excludes halogenated alkanes) is 50. The molecule has 0 spiro atoms. The summed E-state index contributed by atoms with van der Waals surface area (Å²) in [7, 11) is -9.92. The molecule has 19 heteroatoms. The number of rotatable bonds is 79. The number of phosphoric ester groups is 2. The van der Waals surface area contributed by atoms with Gasteiger partial charge in [-0.25, -0.2) is 9.13 Å². The van der Waals surface area contributed by atoms with Crippen molar-refractivity contribution in [3.05, 3.63) is 0 Å². The second kappa shape index (κ2) is 72.0. The standard InChI is InChI=1S/C79H154O17P2/c1-6-10-13-16-19-22-25-28-31-34-37-40-43-50-55-60-65-78(83)95-74(68-89-76(81)62-57-52-47-41-38-35-32-29-26-23-20-17-14-11-7-2)70-93-97(85,86)91-66-73(80)67-92-98(87,88)94-71-75(69-90-77(82)63-58-53-48-45-44-46-51-56-61-72(5)9-4)96-79(84)64-59-54-49-42-39-36-33-30-27-24-21-18-15-12-8-3/h72-75,80H,6-71H2,1-5H3,(H,85,86)(H,87,88)/t72?,73-,74-,75-/m1/s1. The topological polar surface area (TPSA) is 237 Å². The van der Waals surface area contributed by atoms with Crippen LogP contribution in [0, 0.1) is 5.92 Å². The molecular weight excluding hydrogens is 1280 g/mol. The molecule has 6 atom stereocenters. The Morgan fingerprint density at radius 1 is 0.286 bits per heavy atom. The zero-order chi connectivity index (χ0) is 71.9. The number of phosphoric acid groups is 2. The maximum atomic E-state index is 13.1. The predicted octanol–water partition coefficient (Wildman–Crippen LogP) is 23.6. The summed E-state index contributed by atoms with van der Waals surface area (Å²) >= 11 is 0. The Kier molecular flexibility index (Phi) is 70.6. The van der Waals surface area contributed by atoms with Crippen LogP contribution >= 0.6 is 15.6 Å². The van der Waals surface area contributed by atoms with E-state index < -0.39 is 97.5 Å². The molecule has 0 saturated carbocycles. The van der Waals surface area contributed by atoms with Crippen LogP contribution in [0.5, 0.6) is 0 Å². The van der Waals surface area contributed by atoms with Crippen molar-refractivity contribution in [3.63, 3.8) is 0 Å². The molecule has 3 unspecified atom stereocenters. The van der Waals surface area contributed by atoms with Gasteiger partial charge in [0.05, 0.1) is 26.4 Å². The van der Waals surface area contributed by atoms with Gasteiger partial charge < -0.3 is 33.8 Å². The van der Waals surface area contributed by atoms with Crippen molar-refractivity contribution >= 4 is 39.5 Å². The van der Waals surface area contributed by atoms with Crippen molar-refractivity contribution in [2.75, 3.05) is 39.6 Å². The average Bonchev–Trinajstić information content (AvgIpc) is 1.63. The van der Waals surface area contributed by atoms with Crippen LogP contribution in [0.1, 0.15) is 420 Å². The molecular formula is C79H154O17P2. The molecule has 0 aromatic carbocycles. The maximum Gasteiger partial charge on any atom is 0.472 e. The molecule has 0 aromatic rings.